The molecule has 3 saturated carbocycles. The van der Waals surface area contributed by atoms with Crippen LogP contribution in [0.3, 0.4) is 0 Å². The second-order valence-electron chi connectivity index (χ2n) is 8.45. The van der Waals surface area contributed by atoms with Gasteiger partial charge in [0.2, 0.25) is 10.0 Å². The lowest BCUT2D eigenvalue weighted by molar-refractivity contribution is -0.00831. The van der Waals surface area contributed by atoms with Crippen molar-refractivity contribution in [3.05, 3.63) is 29.3 Å². The molecule has 30 heavy (non-hydrogen) atoms. The number of nitrogens with one attached hydrogen (secondary N) is 2. The van der Waals surface area contributed by atoms with Gasteiger partial charge in [-0.15, -0.1) is 0 Å². The molecular weight excluding hydrogens is 412 g/mol. The molecule has 0 spiro atoms. The fraction of sp³-hybridized carbons (Fsp3) is 0.619. The number of benzene rings is 1. The van der Waals surface area contributed by atoms with Crippen molar-refractivity contribution in [2.45, 2.75) is 70.3 Å². The Morgan fingerprint density at radius 2 is 1.77 bits per heavy atom. The monoisotopic (exact) mass is 439 g/mol. The van der Waals surface area contributed by atoms with Crippen molar-refractivity contribution in [2.24, 2.45) is 5.41 Å². The zero-order valence-corrected chi connectivity index (χ0v) is 18.0. The van der Waals surface area contributed by atoms with Gasteiger partial charge in [-0.3, -0.25) is 9.52 Å². The number of carbonyl (C=O) groups is 1. The fourth-order valence-corrected chi connectivity index (χ4v) is 5.00. The van der Waals surface area contributed by atoms with Gasteiger partial charge in [0.25, 0.3) is 11.8 Å². The average molecular weight is 440 g/mol. The molecule has 164 valence electrons. The van der Waals surface area contributed by atoms with Crippen LogP contribution >= 0.6 is 0 Å². The highest BCUT2D eigenvalue weighted by Gasteiger charge is 2.49. The van der Waals surface area contributed by atoms with Gasteiger partial charge in [-0.2, -0.15) is 5.26 Å². The van der Waals surface area contributed by atoms with Crippen LogP contribution in [0.4, 0.5) is 14.5 Å². The van der Waals surface area contributed by atoms with E-state index in [0.717, 1.165) is 12.1 Å². The molecule has 1 amide bonds. The van der Waals surface area contributed by atoms with Crippen LogP contribution in [0, 0.1) is 16.7 Å². The summed E-state index contributed by atoms with van der Waals surface area (Å²) in [5.41, 5.74) is -1.27. The normalized spacial score (nSPS) is 26.1. The first kappa shape index (κ1) is 22.5. The zero-order valence-electron chi connectivity index (χ0n) is 17.2. The third-order valence-electron chi connectivity index (χ3n) is 6.64. The molecule has 0 heterocycles. The number of nitriles is 1. The average Bonchev–Trinajstić information content (AvgIpc) is 2.74. The highest BCUT2D eigenvalue weighted by atomic mass is 32.2. The molecule has 3 fully saturated rings. The van der Waals surface area contributed by atoms with Crippen LogP contribution in [-0.2, 0) is 15.9 Å². The predicted molar refractivity (Wildman–Crippen MR) is 110 cm³/mol. The van der Waals surface area contributed by atoms with E-state index in [2.05, 4.69) is 16.1 Å². The minimum absolute atomic E-state index is 0.0145. The summed E-state index contributed by atoms with van der Waals surface area (Å²) < 4.78 is 54.9. The molecule has 6 nitrogen and oxygen atoms in total. The summed E-state index contributed by atoms with van der Waals surface area (Å²) in [6.45, 7) is 2.80. The lowest BCUT2D eigenvalue weighted by atomic mass is 9.58. The number of halogens is 2. The Morgan fingerprint density at radius 1 is 1.17 bits per heavy atom. The third kappa shape index (κ3) is 4.29. The molecule has 3 aliphatic carbocycles. The molecule has 3 aliphatic rings. The summed E-state index contributed by atoms with van der Waals surface area (Å²) in [5.74, 6) is -3.91. The molecule has 2 N–H and O–H groups in total. The summed E-state index contributed by atoms with van der Waals surface area (Å²) in [4.78, 5) is 13.2. The van der Waals surface area contributed by atoms with Crippen LogP contribution in [0.25, 0.3) is 0 Å². The van der Waals surface area contributed by atoms with Crippen LogP contribution in [0.5, 0.6) is 0 Å². The van der Waals surface area contributed by atoms with E-state index in [1.165, 1.54) is 19.9 Å². The van der Waals surface area contributed by atoms with Crippen molar-refractivity contribution < 1.29 is 22.0 Å². The first-order valence-corrected chi connectivity index (χ1v) is 11.9. The quantitative estimate of drug-likeness (QED) is 0.662. The Bertz CT molecular complexity index is 961. The van der Waals surface area contributed by atoms with E-state index in [1.807, 2.05) is 0 Å². The standard InChI is InChI=1S/C21H27F2N3O3S/c1-3-21(22,23)15-5-6-17(26-30(28,29)4-2)16(13-15)18(27)25-20-10-7-19(14-24,8-11-20)9-12-20/h5-6,13,26H,3-4,7-12H2,1-2H3,(H,25,27). The van der Waals surface area contributed by atoms with E-state index in [0.29, 0.717) is 38.5 Å². The molecule has 1 aromatic carbocycles. The number of hydrogen-bond donors (Lipinski definition) is 2. The van der Waals surface area contributed by atoms with Crippen molar-refractivity contribution in [3.8, 4) is 6.07 Å². The van der Waals surface area contributed by atoms with Gasteiger partial charge in [0.05, 0.1) is 28.5 Å². The van der Waals surface area contributed by atoms with Crippen molar-refractivity contribution in [3.63, 3.8) is 0 Å². The number of rotatable bonds is 7. The van der Waals surface area contributed by atoms with E-state index in [-0.39, 0.29) is 28.0 Å². The van der Waals surface area contributed by atoms with Gasteiger partial charge in [0.1, 0.15) is 0 Å². The maximum atomic E-state index is 14.3. The molecule has 0 aliphatic heterocycles. The molecular formula is C21H27F2N3O3S. The summed E-state index contributed by atoms with van der Waals surface area (Å²) >= 11 is 0. The van der Waals surface area contributed by atoms with Gasteiger partial charge < -0.3 is 5.32 Å². The Labute approximate surface area is 176 Å². The van der Waals surface area contributed by atoms with Gasteiger partial charge in [0, 0.05) is 17.5 Å². The topological polar surface area (TPSA) is 99.1 Å². The summed E-state index contributed by atoms with van der Waals surface area (Å²) in [5, 5.41) is 12.4. The number of sulfonamides is 1. The van der Waals surface area contributed by atoms with Crippen molar-refractivity contribution in [1.29, 1.82) is 5.26 Å². The molecule has 4 rings (SSSR count). The lowest BCUT2D eigenvalue weighted by Crippen LogP contribution is -2.56. The van der Waals surface area contributed by atoms with Crippen LogP contribution in [-0.4, -0.2) is 25.6 Å². The first-order valence-electron chi connectivity index (χ1n) is 10.3. The SMILES string of the molecule is CCC(F)(F)c1ccc(NS(=O)(=O)CC)c(C(=O)NC23CCC(C#N)(CC2)CC3)c1. The maximum absolute atomic E-state index is 14.3. The van der Waals surface area contributed by atoms with Crippen LogP contribution in [0.1, 0.15) is 74.7 Å². The molecule has 1 aromatic rings. The Balaban J connectivity index is 1.93. The summed E-state index contributed by atoms with van der Waals surface area (Å²) in [6, 6.07) is 5.85. The molecule has 0 atom stereocenters. The second kappa shape index (κ2) is 7.80. The number of hydrogen-bond acceptors (Lipinski definition) is 4. The number of carbonyl (C=O) groups excluding carboxylic acids is 1. The van der Waals surface area contributed by atoms with Gasteiger partial charge in [-0.05, 0) is 57.6 Å². The summed E-state index contributed by atoms with van der Waals surface area (Å²) in [6.07, 6.45) is 3.56. The molecule has 0 saturated heterocycles. The van der Waals surface area contributed by atoms with Crippen molar-refractivity contribution in [1.82, 2.24) is 5.32 Å². The Morgan fingerprint density at radius 3 is 2.27 bits per heavy atom. The largest absolute Gasteiger partial charge is 0.347 e. The van der Waals surface area contributed by atoms with Crippen molar-refractivity contribution >= 4 is 21.6 Å². The van der Waals surface area contributed by atoms with E-state index in [4.69, 9.17) is 0 Å². The van der Waals surface area contributed by atoms with Crippen LogP contribution < -0.4 is 10.0 Å². The minimum atomic E-state index is -3.69. The number of amides is 1. The molecule has 9 heteroatoms. The van der Waals surface area contributed by atoms with Gasteiger partial charge in [0.15, 0.2) is 0 Å². The van der Waals surface area contributed by atoms with E-state index in [9.17, 15) is 27.3 Å². The predicted octanol–water partition coefficient (Wildman–Crippen LogP) is 4.30. The third-order valence-corrected chi connectivity index (χ3v) is 7.93. The Hall–Kier alpha value is -2.21. The zero-order chi connectivity index (χ0) is 22.2. The highest BCUT2D eigenvalue weighted by molar-refractivity contribution is 7.92. The van der Waals surface area contributed by atoms with Gasteiger partial charge in [-0.1, -0.05) is 13.0 Å². The van der Waals surface area contributed by atoms with Crippen LogP contribution in [0.15, 0.2) is 18.2 Å². The van der Waals surface area contributed by atoms with Gasteiger partial charge in [-0.25, -0.2) is 17.2 Å². The van der Waals surface area contributed by atoms with Crippen LogP contribution in [0.2, 0.25) is 0 Å². The fourth-order valence-electron chi connectivity index (χ4n) is 4.34. The molecule has 0 aromatic heterocycles. The molecule has 0 radical (unpaired) electrons. The van der Waals surface area contributed by atoms with E-state index < -0.39 is 33.8 Å². The minimum Gasteiger partial charge on any atom is -0.347 e. The maximum Gasteiger partial charge on any atom is 0.273 e. The highest BCUT2D eigenvalue weighted by Crippen LogP contribution is 2.52. The second-order valence-corrected chi connectivity index (χ2v) is 10.5. The lowest BCUT2D eigenvalue weighted by Gasteiger charge is -2.50. The number of nitrogens with zero attached hydrogens (tertiary/aromatic N) is 1. The van der Waals surface area contributed by atoms with E-state index >= 15 is 0 Å². The van der Waals surface area contributed by atoms with Gasteiger partial charge >= 0.3 is 0 Å². The van der Waals surface area contributed by atoms with Crippen molar-refractivity contribution in [2.75, 3.05) is 10.5 Å². The molecule has 2 bridgehead atoms. The number of alkyl halides is 2. The first-order chi connectivity index (χ1) is 14.0. The molecule has 0 unspecified atom stereocenters. The summed E-state index contributed by atoms with van der Waals surface area (Å²) in [7, 11) is -3.69. The Kier molecular flexibility index (Phi) is 5.84. The number of anilines is 1. The van der Waals surface area contributed by atoms with E-state index in [1.54, 1.807) is 0 Å². The smallest absolute Gasteiger partial charge is 0.273 e. The number of fused-ring (bicyclic) bond motifs is 3.